The van der Waals surface area contributed by atoms with Crippen LogP contribution in [0.2, 0.25) is 0 Å². The Hall–Kier alpha value is -2.66. The molecule has 0 aromatic heterocycles. The predicted molar refractivity (Wildman–Crippen MR) is 94.1 cm³/mol. The van der Waals surface area contributed by atoms with Crippen LogP contribution in [0.15, 0.2) is 48.5 Å². The second-order valence-electron chi connectivity index (χ2n) is 5.96. The number of rotatable bonds is 6. The van der Waals surface area contributed by atoms with Gasteiger partial charge in [-0.3, -0.25) is 15.0 Å². The Morgan fingerprint density at radius 1 is 1.29 bits per heavy atom. The van der Waals surface area contributed by atoms with Crippen LogP contribution < -0.4 is 4.74 Å². The van der Waals surface area contributed by atoms with Crippen molar-refractivity contribution in [2.45, 2.75) is 13.0 Å². The lowest BCUT2D eigenvalue weighted by Crippen LogP contribution is -2.17. The van der Waals surface area contributed by atoms with Gasteiger partial charge in [0.2, 0.25) is 0 Å². The Balaban J connectivity index is 1.59. The van der Waals surface area contributed by atoms with Gasteiger partial charge in [-0.05, 0) is 30.3 Å². The molecule has 0 fully saturated rings. The van der Waals surface area contributed by atoms with Gasteiger partial charge < -0.3 is 4.74 Å². The van der Waals surface area contributed by atoms with Crippen molar-refractivity contribution in [1.82, 2.24) is 4.90 Å². The van der Waals surface area contributed by atoms with E-state index in [4.69, 9.17) is 4.74 Å². The zero-order valence-corrected chi connectivity index (χ0v) is 13.6. The normalized spacial score (nSPS) is 13.2. The molecular formula is C19H20N2O3. The zero-order chi connectivity index (χ0) is 16.9. The number of para-hydroxylation sites is 1. The molecule has 0 aliphatic carbocycles. The zero-order valence-electron chi connectivity index (χ0n) is 13.6. The van der Waals surface area contributed by atoms with Crippen molar-refractivity contribution in [3.05, 3.63) is 75.3 Å². The number of likely N-dealkylation sites (N-methyl/N-ethyl adjacent to an activating group) is 1. The number of ether oxygens (including phenoxy) is 1. The van der Waals surface area contributed by atoms with E-state index in [1.165, 1.54) is 17.2 Å². The highest BCUT2D eigenvalue weighted by atomic mass is 16.6. The topological polar surface area (TPSA) is 55.6 Å². The van der Waals surface area contributed by atoms with E-state index in [2.05, 4.69) is 17.0 Å². The lowest BCUT2D eigenvalue weighted by atomic mass is 10.1. The first-order chi connectivity index (χ1) is 11.6. The first kappa shape index (κ1) is 16.2. The minimum absolute atomic E-state index is 0.134. The summed E-state index contributed by atoms with van der Waals surface area (Å²) in [5.41, 5.74) is 3.29. The third-order valence-electron chi connectivity index (χ3n) is 4.05. The standard InChI is InChI=1S/C19H20N2O3/c1-20(14-15-8-9-19-17(13-15)10-12-24-19)11-4-6-16-5-2-3-7-18(16)21(22)23/h2-9,13H,10-12,14H2,1H3. The van der Waals surface area contributed by atoms with Gasteiger partial charge in [0.1, 0.15) is 5.75 Å². The fraction of sp³-hybridized carbons (Fsp3) is 0.263. The number of nitro groups is 1. The second kappa shape index (κ2) is 7.27. The third-order valence-corrected chi connectivity index (χ3v) is 4.05. The highest BCUT2D eigenvalue weighted by molar-refractivity contribution is 5.60. The van der Waals surface area contributed by atoms with Gasteiger partial charge in [-0.15, -0.1) is 0 Å². The summed E-state index contributed by atoms with van der Waals surface area (Å²) < 4.78 is 5.52. The largest absolute Gasteiger partial charge is 0.493 e. The van der Waals surface area contributed by atoms with E-state index in [9.17, 15) is 10.1 Å². The minimum Gasteiger partial charge on any atom is -0.493 e. The molecule has 0 N–H and O–H groups in total. The summed E-state index contributed by atoms with van der Waals surface area (Å²) >= 11 is 0. The minimum atomic E-state index is -0.351. The molecule has 2 aromatic carbocycles. The molecule has 0 saturated heterocycles. The van der Waals surface area contributed by atoms with Crippen LogP contribution in [-0.2, 0) is 13.0 Å². The van der Waals surface area contributed by atoms with Crippen LogP contribution in [0.25, 0.3) is 6.08 Å². The Bertz CT molecular complexity index is 771. The van der Waals surface area contributed by atoms with Crippen molar-refractivity contribution in [3.63, 3.8) is 0 Å². The SMILES string of the molecule is CN(CC=Cc1ccccc1[N+](=O)[O-])Cc1ccc2c(c1)CCO2. The first-order valence-electron chi connectivity index (χ1n) is 7.96. The molecule has 0 atom stereocenters. The van der Waals surface area contributed by atoms with Crippen molar-refractivity contribution in [2.24, 2.45) is 0 Å². The molecule has 0 saturated carbocycles. The Kier molecular flexibility index (Phi) is 4.91. The smallest absolute Gasteiger partial charge is 0.276 e. The summed E-state index contributed by atoms with van der Waals surface area (Å²) in [7, 11) is 2.04. The molecule has 0 spiro atoms. The van der Waals surface area contributed by atoms with E-state index in [1.807, 2.05) is 31.3 Å². The molecule has 0 radical (unpaired) electrons. The molecule has 124 valence electrons. The molecule has 0 amide bonds. The maximum absolute atomic E-state index is 11.0. The molecule has 1 aliphatic heterocycles. The Morgan fingerprint density at radius 2 is 2.12 bits per heavy atom. The molecule has 5 heteroatoms. The van der Waals surface area contributed by atoms with Gasteiger partial charge in [0.05, 0.1) is 17.1 Å². The van der Waals surface area contributed by atoms with Crippen LogP contribution in [-0.4, -0.2) is 30.0 Å². The van der Waals surface area contributed by atoms with Gasteiger partial charge in [-0.25, -0.2) is 0 Å². The fourth-order valence-corrected chi connectivity index (χ4v) is 2.87. The summed E-state index contributed by atoms with van der Waals surface area (Å²) in [6, 6.07) is 13.1. The van der Waals surface area contributed by atoms with Crippen molar-refractivity contribution in [2.75, 3.05) is 20.2 Å². The van der Waals surface area contributed by atoms with Crippen LogP contribution in [0.3, 0.4) is 0 Å². The summed E-state index contributed by atoms with van der Waals surface area (Å²) in [4.78, 5) is 12.8. The third kappa shape index (κ3) is 3.81. The van der Waals surface area contributed by atoms with Gasteiger partial charge >= 0.3 is 0 Å². The number of benzene rings is 2. The Labute approximate surface area is 141 Å². The van der Waals surface area contributed by atoms with E-state index in [0.29, 0.717) is 5.56 Å². The van der Waals surface area contributed by atoms with E-state index in [0.717, 1.165) is 31.9 Å². The van der Waals surface area contributed by atoms with E-state index in [-0.39, 0.29) is 10.6 Å². The number of hydrogen-bond acceptors (Lipinski definition) is 4. The van der Waals surface area contributed by atoms with Gasteiger partial charge in [0.15, 0.2) is 0 Å². The molecule has 0 unspecified atom stereocenters. The van der Waals surface area contributed by atoms with Gasteiger partial charge in [-0.1, -0.05) is 36.4 Å². The molecule has 2 aromatic rings. The van der Waals surface area contributed by atoms with Crippen LogP contribution in [0, 0.1) is 10.1 Å². The summed E-state index contributed by atoms with van der Waals surface area (Å²) in [6.07, 6.45) is 4.74. The number of nitrogens with zero attached hydrogens (tertiary/aromatic N) is 2. The highest BCUT2D eigenvalue weighted by Crippen LogP contribution is 2.26. The van der Waals surface area contributed by atoms with Crippen LogP contribution >= 0.6 is 0 Å². The summed E-state index contributed by atoms with van der Waals surface area (Å²) in [5.74, 6) is 0.998. The quantitative estimate of drug-likeness (QED) is 0.601. The number of nitro benzene ring substituents is 1. The predicted octanol–water partition coefficient (Wildman–Crippen LogP) is 3.67. The van der Waals surface area contributed by atoms with Crippen LogP contribution in [0.1, 0.15) is 16.7 Å². The molecule has 5 nitrogen and oxygen atoms in total. The number of hydrogen-bond donors (Lipinski definition) is 0. The molecule has 0 bridgehead atoms. The maximum atomic E-state index is 11.0. The lowest BCUT2D eigenvalue weighted by molar-refractivity contribution is -0.385. The van der Waals surface area contributed by atoms with Gasteiger partial charge in [-0.2, -0.15) is 0 Å². The summed E-state index contributed by atoms with van der Waals surface area (Å²) in [6.45, 7) is 2.32. The molecule has 3 rings (SSSR count). The van der Waals surface area contributed by atoms with E-state index >= 15 is 0 Å². The average molecular weight is 324 g/mol. The molecular weight excluding hydrogens is 304 g/mol. The van der Waals surface area contributed by atoms with Gasteiger partial charge in [0.25, 0.3) is 5.69 Å². The lowest BCUT2D eigenvalue weighted by Gasteiger charge is -2.15. The van der Waals surface area contributed by atoms with Crippen molar-refractivity contribution < 1.29 is 9.66 Å². The molecule has 1 heterocycles. The van der Waals surface area contributed by atoms with Crippen LogP contribution in [0.5, 0.6) is 5.75 Å². The van der Waals surface area contributed by atoms with Gasteiger partial charge in [0, 0.05) is 25.6 Å². The maximum Gasteiger partial charge on any atom is 0.276 e. The van der Waals surface area contributed by atoms with Crippen molar-refractivity contribution >= 4 is 11.8 Å². The van der Waals surface area contributed by atoms with Crippen molar-refractivity contribution in [1.29, 1.82) is 0 Å². The monoisotopic (exact) mass is 324 g/mol. The first-order valence-corrected chi connectivity index (χ1v) is 7.96. The fourth-order valence-electron chi connectivity index (χ4n) is 2.87. The second-order valence-corrected chi connectivity index (χ2v) is 5.96. The van der Waals surface area contributed by atoms with Crippen LogP contribution in [0.4, 0.5) is 5.69 Å². The van der Waals surface area contributed by atoms with E-state index < -0.39 is 0 Å². The average Bonchev–Trinajstić information content (AvgIpc) is 3.03. The molecule has 1 aliphatic rings. The van der Waals surface area contributed by atoms with E-state index in [1.54, 1.807) is 12.1 Å². The molecule has 24 heavy (non-hydrogen) atoms. The Morgan fingerprint density at radius 3 is 2.96 bits per heavy atom. The highest BCUT2D eigenvalue weighted by Gasteiger charge is 2.12. The summed E-state index contributed by atoms with van der Waals surface area (Å²) in [5, 5.41) is 11.0. The van der Waals surface area contributed by atoms with Crippen molar-refractivity contribution in [3.8, 4) is 5.75 Å². The number of fused-ring (bicyclic) bond motifs is 1.